The molecule has 0 amide bonds. The monoisotopic (exact) mass is 455 g/mol. The van der Waals surface area contributed by atoms with Gasteiger partial charge in [0.1, 0.15) is 5.82 Å². The number of rotatable bonds is 3. The number of hydrogen-bond acceptors (Lipinski definition) is 4. The summed E-state index contributed by atoms with van der Waals surface area (Å²) >= 11 is 1.78. The van der Waals surface area contributed by atoms with Gasteiger partial charge in [-0.25, -0.2) is 4.98 Å². The molecule has 4 nitrogen and oxygen atoms in total. The van der Waals surface area contributed by atoms with Gasteiger partial charge >= 0.3 is 6.18 Å². The third-order valence-corrected chi connectivity index (χ3v) is 7.20. The average Bonchev–Trinajstić information content (AvgIpc) is 3.09. The number of aryl methyl sites for hydroxylation is 1. The molecule has 0 atom stereocenters. The molecule has 0 fully saturated rings. The minimum atomic E-state index is -4.40. The lowest BCUT2D eigenvalue weighted by molar-refractivity contribution is -0.137. The number of alkyl halides is 3. The topological polar surface area (TPSA) is 49.0 Å². The van der Waals surface area contributed by atoms with Crippen molar-refractivity contribution < 1.29 is 13.2 Å². The SMILES string of the molecule is Cc1c(CN2CCc3nc(-c4ccc(C(F)(F)F)cc4)[nH]c(=O)c3C2)sc2ccccc12. The van der Waals surface area contributed by atoms with Crippen molar-refractivity contribution in [1.29, 1.82) is 0 Å². The number of hydrogen-bond donors (Lipinski definition) is 1. The molecule has 164 valence electrons. The molecule has 0 aliphatic carbocycles. The first-order valence-corrected chi connectivity index (χ1v) is 11.1. The minimum Gasteiger partial charge on any atom is -0.306 e. The summed E-state index contributed by atoms with van der Waals surface area (Å²) in [5.41, 5.74) is 2.12. The molecule has 32 heavy (non-hydrogen) atoms. The van der Waals surface area contributed by atoms with Crippen LogP contribution in [0.2, 0.25) is 0 Å². The van der Waals surface area contributed by atoms with E-state index in [9.17, 15) is 18.0 Å². The van der Waals surface area contributed by atoms with E-state index in [1.165, 1.54) is 32.7 Å². The van der Waals surface area contributed by atoms with E-state index in [0.29, 0.717) is 35.6 Å². The number of benzene rings is 2. The Morgan fingerprint density at radius 2 is 1.88 bits per heavy atom. The largest absolute Gasteiger partial charge is 0.416 e. The number of thiophene rings is 1. The summed E-state index contributed by atoms with van der Waals surface area (Å²) in [6.45, 7) is 4.17. The fourth-order valence-electron chi connectivity index (χ4n) is 4.15. The van der Waals surface area contributed by atoms with Gasteiger partial charge in [0.25, 0.3) is 5.56 Å². The van der Waals surface area contributed by atoms with Gasteiger partial charge in [-0.15, -0.1) is 11.3 Å². The van der Waals surface area contributed by atoms with Crippen LogP contribution < -0.4 is 5.56 Å². The Kier molecular flexibility index (Phi) is 5.14. The molecule has 0 unspecified atom stereocenters. The first-order chi connectivity index (χ1) is 15.3. The van der Waals surface area contributed by atoms with Crippen LogP contribution in [0, 0.1) is 6.92 Å². The molecule has 0 saturated heterocycles. The first kappa shape index (κ1) is 20.9. The third kappa shape index (κ3) is 3.84. The van der Waals surface area contributed by atoms with Crippen molar-refractivity contribution >= 4 is 21.4 Å². The molecule has 0 radical (unpaired) electrons. The van der Waals surface area contributed by atoms with E-state index in [-0.39, 0.29) is 5.56 Å². The Balaban J connectivity index is 1.38. The highest BCUT2D eigenvalue weighted by atomic mass is 32.1. The normalized spacial score (nSPS) is 14.6. The molecule has 4 aromatic rings. The Labute approximate surface area is 186 Å². The van der Waals surface area contributed by atoms with E-state index < -0.39 is 11.7 Å². The zero-order valence-corrected chi connectivity index (χ0v) is 18.1. The predicted octanol–water partition coefficient (Wildman–Crippen LogP) is 5.54. The fraction of sp³-hybridized carbons (Fsp3) is 0.250. The van der Waals surface area contributed by atoms with Gasteiger partial charge in [0.15, 0.2) is 0 Å². The van der Waals surface area contributed by atoms with Crippen LogP contribution in [0.15, 0.2) is 53.3 Å². The van der Waals surface area contributed by atoms with E-state index in [2.05, 4.69) is 33.9 Å². The predicted molar refractivity (Wildman–Crippen MR) is 120 cm³/mol. The zero-order chi connectivity index (χ0) is 22.5. The summed E-state index contributed by atoms with van der Waals surface area (Å²) in [6.07, 6.45) is -3.78. The van der Waals surface area contributed by atoms with E-state index in [4.69, 9.17) is 0 Å². The summed E-state index contributed by atoms with van der Waals surface area (Å²) in [5.74, 6) is 0.302. The molecule has 0 saturated carbocycles. The summed E-state index contributed by atoms with van der Waals surface area (Å²) in [7, 11) is 0. The van der Waals surface area contributed by atoms with Crippen molar-refractivity contribution in [2.24, 2.45) is 0 Å². The second-order valence-electron chi connectivity index (χ2n) is 8.02. The van der Waals surface area contributed by atoms with E-state index in [1.54, 1.807) is 11.3 Å². The first-order valence-electron chi connectivity index (χ1n) is 10.3. The number of nitrogens with one attached hydrogen (secondary N) is 1. The maximum atomic E-state index is 12.8. The van der Waals surface area contributed by atoms with Crippen molar-refractivity contribution in [3.8, 4) is 11.4 Å². The van der Waals surface area contributed by atoms with Crippen LogP contribution in [-0.2, 0) is 25.7 Å². The van der Waals surface area contributed by atoms with Crippen molar-refractivity contribution in [2.45, 2.75) is 32.6 Å². The van der Waals surface area contributed by atoms with Crippen LogP contribution in [0.3, 0.4) is 0 Å². The van der Waals surface area contributed by atoms with Gasteiger partial charge in [0, 0.05) is 41.2 Å². The van der Waals surface area contributed by atoms with Crippen LogP contribution in [0.25, 0.3) is 21.5 Å². The molecule has 2 aromatic carbocycles. The Hall–Kier alpha value is -2.97. The summed E-state index contributed by atoms with van der Waals surface area (Å²) < 4.78 is 39.7. The molecule has 1 aliphatic rings. The Morgan fingerprint density at radius 3 is 2.59 bits per heavy atom. The quantitative estimate of drug-likeness (QED) is 0.442. The van der Waals surface area contributed by atoms with E-state index in [0.717, 1.165) is 25.2 Å². The third-order valence-electron chi connectivity index (χ3n) is 5.94. The van der Waals surface area contributed by atoms with Gasteiger partial charge in [-0.3, -0.25) is 9.69 Å². The molecular formula is C24H20F3N3OS. The van der Waals surface area contributed by atoms with Gasteiger partial charge in [0.05, 0.1) is 16.8 Å². The minimum absolute atomic E-state index is 0.234. The highest BCUT2D eigenvalue weighted by Crippen LogP contribution is 2.33. The zero-order valence-electron chi connectivity index (χ0n) is 17.3. The lowest BCUT2D eigenvalue weighted by atomic mass is 10.1. The Bertz CT molecular complexity index is 1360. The molecule has 1 N–H and O–H groups in total. The van der Waals surface area contributed by atoms with E-state index >= 15 is 0 Å². The van der Waals surface area contributed by atoms with Gasteiger partial charge in [-0.1, -0.05) is 30.3 Å². The molecular weight excluding hydrogens is 435 g/mol. The highest BCUT2D eigenvalue weighted by molar-refractivity contribution is 7.19. The van der Waals surface area contributed by atoms with Crippen LogP contribution in [-0.4, -0.2) is 21.4 Å². The number of halogens is 3. The van der Waals surface area contributed by atoms with Crippen molar-refractivity contribution in [2.75, 3.05) is 6.54 Å². The summed E-state index contributed by atoms with van der Waals surface area (Å²) in [6, 6.07) is 13.0. The molecule has 0 spiro atoms. The smallest absolute Gasteiger partial charge is 0.306 e. The van der Waals surface area contributed by atoms with Gasteiger partial charge < -0.3 is 4.98 Å². The molecule has 5 rings (SSSR count). The standard InChI is InChI=1S/C24H20F3N3OS/c1-14-17-4-2-3-5-20(17)32-21(14)13-30-11-10-19-18(12-30)23(31)29-22(28-19)15-6-8-16(9-7-15)24(25,26)27/h2-9H,10-13H2,1H3,(H,28,29,31). The van der Waals surface area contributed by atoms with Gasteiger partial charge in [-0.05, 0) is 36.1 Å². The van der Waals surface area contributed by atoms with Gasteiger partial charge in [0.2, 0.25) is 0 Å². The maximum absolute atomic E-state index is 12.8. The molecule has 3 heterocycles. The van der Waals surface area contributed by atoms with Crippen LogP contribution in [0.1, 0.15) is 27.3 Å². The van der Waals surface area contributed by atoms with E-state index in [1.807, 2.05) is 12.1 Å². The number of fused-ring (bicyclic) bond motifs is 2. The molecule has 1 aliphatic heterocycles. The van der Waals surface area contributed by atoms with Crippen molar-refractivity contribution in [3.05, 3.63) is 86.1 Å². The van der Waals surface area contributed by atoms with Crippen molar-refractivity contribution in [3.63, 3.8) is 0 Å². The number of nitrogens with zero attached hydrogens (tertiary/aromatic N) is 2. The fourth-order valence-corrected chi connectivity index (χ4v) is 5.40. The van der Waals surface area contributed by atoms with Crippen LogP contribution in [0.4, 0.5) is 13.2 Å². The maximum Gasteiger partial charge on any atom is 0.416 e. The lowest BCUT2D eigenvalue weighted by Gasteiger charge is -2.27. The molecule has 0 bridgehead atoms. The van der Waals surface area contributed by atoms with Crippen molar-refractivity contribution in [1.82, 2.24) is 14.9 Å². The van der Waals surface area contributed by atoms with Crippen LogP contribution >= 0.6 is 11.3 Å². The summed E-state index contributed by atoms with van der Waals surface area (Å²) in [5, 5.41) is 1.27. The van der Waals surface area contributed by atoms with Crippen LogP contribution in [0.5, 0.6) is 0 Å². The highest BCUT2D eigenvalue weighted by Gasteiger charge is 2.30. The number of H-pyrrole nitrogens is 1. The molecule has 2 aromatic heterocycles. The summed E-state index contributed by atoms with van der Waals surface area (Å²) in [4.78, 5) is 23.7. The average molecular weight is 456 g/mol. The Morgan fingerprint density at radius 1 is 1.12 bits per heavy atom. The lowest BCUT2D eigenvalue weighted by Crippen LogP contribution is -2.35. The number of aromatic nitrogens is 2. The molecule has 8 heteroatoms. The number of aromatic amines is 1. The second kappa shape index (κ2) is 7.86. The van der Waals surface area contributed by atoms with Gasteiger partial charge in [-0.2, -0.15) is 13.2 Å². The second-order valence-corrected chi connectivity index (χ2v) is 9.16.